The Morgan fingerprint density at radius 1 is 1.29 bits per heavy atom. The van der Waals surface area contributed by atoms with Crippen LogP contribution in [0.25, 0.3) is 0 Å². The van der Waals surface area contributed by atoms with Crippen molar-refractivity contribution in [2.45, 2.75) is 52.0 Å². The van der Waals surface area contributed by atoms with Gasteiger partial charge >= 0.3 is 5.97 Å². The molecule has 0 heterocycles. The lowest BCUT2D eigenvalue weighted by atomic mass is 9.97. The molecule has 0 spiro atoms. The second-order valence-corrected chi connectivity index (χ2v) is 4.93. The van der Waals surface area contributed by atoms with E-state index in [9.17, 15) is 9.90 Å². The molecule has 0 amide bonds. The molecule has 2 N–H and O–H groups in total. The fourth-order valence-electron chi connectivity index (χ4n) is 1.82. The molecule has 0 saturated carbocycles. The largest absolute Gasteiger partial charge is 0.480 e. The Bertz CT molecular complexity index is 221. The van der Waals surface area contributed by atoms with Crippen LogP contribution in [0.4, 0.5) is 0 Å². The van der Waals surface area contributed by atoms with Crippen LogP contribution in [0.2, 0.25) is 0 Å². The zero-order chi connectivity index (χ0) is 13.3. The lowest BCUT2D eigenvalue weighted by Crippen LogP contribution is -2.51. The van der Waals surface area contributed by atoms with Gasteiger partial charge in [0.15, 0.2) is 0 Å². The van der Waals surface area contributed by atoms with E-state index in [2.05, 4.69) is 24.2 Å². The highest BCUT2D eigenvalue weighted by Gasteiger charge is 2.31. The topological polar surface area (TPSA) is 52.6 Å². The third-order valence-corrected chi connectivity index (χ3v) is 3.18. The number of nitrogens with zero attached hydrogens (tertiary/aromatic N) is 1. The second kappa shape index (κ2) is 8.48. The van der Waals surface area contributed by atoms with Gasteiger partial charge in [0.05, 0.1) is 0 Å². The predicted molar refractivity (Wildman–Crippen MR) is 71.4 cm³/mol. The highest BCUT2D eigenvalue weighted by molar-refractivity contribution is 5.78. The van der Waals surface area contributed by atoms with E-state index in [1.54, 1.807) is 6.92 Å². The third kappa shape index (κ3) is 6.64. The minimum absolute atomic E-state index is 0.638. The maximum Gasteiger partial charge on any atom is 0.323 e. The van der Waals surface area contributed by atoms with E-state index in [0.717, 1.165) is 13.1 Å². The number of carboxylic acids is 1. The van der Waals surface area contributed by atoms with E-state index in [1.165, 1.54) is 19.3 Å². The predicted octanol–water partition coefficient (Wildman–Crippen LogP) is 1.95. The molecule has 1 atom stereocenters. The molecule has 0 aliphatic heterocycles. The quantitative estimate of drug-likeness (QED) is 0.577. The van der Waals surface area contributed by atoms with E-state index in [0.29, 0.717) is 13.0 Å². The van der Waals surface area contributed by atoms with Gasteiger partial charge in [-0.1, -0.05) is 26.7 Å². The zero-order valence-corrected chi connectivity index (χ0v) is 11.8. The summed E-state index contributed by atoms with van der Waals surface area (Å²) in [6.07, 6.45) is 4.29. The van der Waals surface area contributed by atoms with Gasteiger partial charge < -0.3 is 15.3 Å². The number of rotatable bonds is 10. The maximum absolute atomic E-state index is 11.2. The molecule has 0 saturated heterocycles. The molecule has 4 heteroatoms. The van der Waals surface area contributed by atoms with Crippen LogP contribution in [0, 0.1) is 0 Å². The van der Waals surface area contributed by atoms with E-state index in [4.69, 9.17) is 0 Å². The Balaban J connectivity index is 4.00. The minimum atomic E-state index is -0.798. The maximum atomic E-state index is 11.2. The Kier molecular flexibility index (Phi) is 8.17. The molecule has 4 nitrogen and oxygen atoms in total. The summed E-state index contributed by atoms with van der Waals surface area (Å²) in [5, 5.41) is 12.3. The van der Waals surface area contributed by atoms with Gasteiger partial charge in [0.25, 0.3) is 0 Å². The Hall–Kier alpha value is -0.610. The van der Waals surface area contributed by atoms with Gasteiger partial charge in [-0.3, -0.25) is 4.79 Å². The highest BCUT2D eigenvalue weighted by atomic mass is 16.4. The summed E-state index contributed by atoms with van der Waals surface area (Å²) in [7, 11) is 2.06. The average molecular weight is 244 g/mol. The van der Waals surface area contributed by atoms with Crippen molar-refractivity contribution in [2.75, 3.05) is 26.7 Å². The van der Waals surface area contributed by atoms with Gasteiger partial charge in [0.1, 0.15) is 5.54 Å². The molecule has 17 heavy (non-hydrogen) atoms. The number of likely N-dealkylation sites (N-methyl/N-ethyl adjacent to an activating group) is 1. The van der Waals surface area contributed by atoms with Crippen LogP contribution in [0.1, 0.15) is 46.5 Å². The molecule has 0 aliphatic carbocycles. The molecule has 0 aromatic carbocycles. The monoisotopic (exact) mass is 244 g/mol. The lowest BCUT2D eigenvalue weighted by Gasteiger charge is -2.28. The molecule has 0 fully saturated rings. The van der Waals surface area contributed by atoms with Crippen LogP contribution in [0.15, 0.2) is 0 Å². The number of carboxylic acid groups (broad SMARTS) is 1. The van der Waals surface area contributed by atoms with Crippen LogP contribution in [-0.2, 0) is 4.79 Å². The smallest absolute Gasteiger partial charge is 0.323 e. The molecule has 0 aromatic rings. The van der Waals surface area contributed by atoms with Crippen LogP contribution in [0.5, 0.6) is 0 Å². The van der Waals surface area contributed by atoms with Gasteiger partial charge in [0, 0.05) is 6.54 Å². The van der Waals surface area contributed by atoms with Crippen LogP contribution in [-0.4, -0.2) is 48.2 Å². The molecule has 0 aliphatic rings. The molecular formula is C13H28N2O2. The third-order valence-electron chi connectivity index (χ3n) is 3.18. The minimum Gasteiger partial charge on any atom is -0.480 e. The SMILES string of the molecule is CCCCCN(C)CCC(C)(NCC)C(=O)O. The summed E-state index contributed by atoms with van der Waals surface area (Å²) in [5.74, 6) is -0.763. The van der Waals surface area contributed by atoms with Crippen molar-refractivity contribution >= 4 is 5.97 Å². The summed E-state index contributed by atoms with van der Waals surface area (Å²) in [6, 6.07) is 0. The van der Waals surface area contributed by atoms with Crippen LogP contribution in [0.3, 0.4) is 0 Å². The molecular weight excluding hydrogens is 216 g/mol. The van der Waals surface area contributed by atoms with Crippen molar-refractivity contribution in [3.05, 3.63) is 0 Å². The number of unbranched alkanes of at least 4 members (excludes halogenated alkanes) is 2. The van der Waals surface area contributed by atoms with E-state index < -0.39 is 11.5 Å². The summed E-state index contributed by atoms with van der Waals surface area (Å²) >= 11 is 0. The van der Waals surface area contributed by atoms with Crippen molar-refractivity contribution in [3.63, 3.8) is 0 Å². The molecule has 0 rings (SSSR count). The van der Waals surface area contributed by atoms with Gasteiger partial charge in [-0.2, -0.15) is 0 Å². The average Bonchev–Trinajstić information content (AvgIpc) is 2.27. The summed E-state index contributed by atoms with van der Waals surface area (Å²) in [4.78, 5) is 13.4. The number of aliphatic carboxylic acids is 1. The first-order valence-electron chi connectivity index (χ1n) is 6.63. The number of carbonyl (C=O) groups is 1. The molecule has 0 bridgehead atoms. The standard InChI is InChI=1S/C13H28N2O2/c1-5-7-8-10-15(4)11-9-13(3,12(16)17)14-6-2/h14H,5-11H2,1-4H3,(H,16,17). The first kappa shape index (κ1) is 16.4. The van der Waals surface area contributed by atoms with Crippen LogP contribution < -0.4 is 5.32 Å². The Morgan fingerprint density at radius 3 is 2.41 bits per heavy atom. The summed E-state index contributed by atoms with van der Waals surface area (Å²) in [6.45, 7) is 8.44. The van der Waals surface area contributed by atoms with Crippen molar-refractivity contribution in [1.29, 1.82) is 0 Å². The Labute approximate surface area is 105 Å². The van der Waals surface area contributed by atoms with Crippen molar-refractivity contribution in [2.24, 2.45) is 0 Å². The van der Waals surface area contributed by atoms with Crippen molar-refractivity contribution in [3.8, 4) is 0 Å². The lowest BCUT2D eigenvalue weighted by molar-refractivity contribution is -0.144. The second-order valence-electron chi connectivity index (χ2n) is 4.93. The van der Waals surface area contributed by atoms with Crippen molar-refractivity contribution < 1.29 is 9.90 Å². The molecule has 0 radical (unpaired) electrons. The highest BCUT2D eigenvalue weighted by Crippen LogP contribution is 2.11. The normalized spacial score (nSPS) is 14.9. The first-order chi connectivity index (χ1) is 7.96. The number of hydrogen-bond donors (Lipinski definition) is 2. The van der Waals surface area contributed by atoms with E-state index in [-0.39, 0.29) is 0 Å². The summed E-state index contributed by atoms with van der Waals surface area (Å²) < 4.78 is 0. The molecule has 1 unspecified atom stereocenters. The Morgan fingerprint density at radius 2 is 1.94 bits per heavy atom. The van der Waals surface area contributed by atoms with Gasteiger partial charge in [-0.15, -0.1) is 0 Å². The van der Waals surface area contributed by atoms with Gasteiger partial charge in [-0.05, 0) is 39.9 Å². The van der Waals surface area contributed by atoms with Crippen LogP contribution >= 0.6 is 0 Å². The zero-order valence-electron chi connectivity index (χ0n) is 11.8. The van der Waals surface area contributed by atoms with E-state index in [1.807, 2.05) is 6.92 Å². The van der Waals surface area contributed by atoms with Crippen molar-refractivity contribution in [1.82, 2.24) is 10.2 Å². The fraction of sp³-hybridized carbons (Fsp3) is 0.923. The molecule has 0 aromatic heterocycles. The van der Waals surface area contributed by atoms with E-state index >= 15 is 0 Å². The number of hydrogen-bond acceptors (Lipinski definition) is 3. The number of nitrogens with one attached hydrogen (secondary N) is 1. The first-order valence-corrected chi connectivity index (χ1v) is 6.63. The van der Waals surface area contributed by atoms with Gasteiger partial charge in [0.2, 0.25) is 0 Å². The van der Waals surface area contributed by atoms with Gasteiger partial charge in [-0.25, -0.2) is 0 Å². The fourth-order valence-corrected chi connectivity index (χ4v) is 1.82. The molecule has 102 valence electrons. The summed E-state index contributed by atoms with van der Waals surface area (Å²) in [5.41, 5.74) is -0.798.